The Kier molecular flexibility index (Phi) is 5.20. The zero-order chi connectivity index (χ0) is 12.6. The zero-order valence-electron chi connectivity index (χ0n) is 11.3. The summed E-state index contributed by atoms with van der Waals surface area (Å²) >= 11 is 1.61. The summed E-state index contributed by atoms with van der Waals surface area (Å²) in [5.41, 5.74) is 1.22. The van der Waals surface area contributed by atoms with Crippen LogP contribution in [-0.4, -0.2) is 36.0 Å². The maximum atomic E-state index is 12.4. The van der Waals surface area contributed by atoms with Gasteiger partial charge in [0, 0.05) is 30.1 Å². The largest absolute Gasteiger partial charge is 0.332 e. The first-order valence-corrected chi connectivity index (χ1v) is 6.93. The Balaban J connectivity index is 0.00000162. The summed E-state index contributed by atoms with van der Waals surface area (Å²) in [6, 6.07) is 2.65. The van der Waals surface area contributed by atoms with Gasteiger partial charge in [-0.15, -0.1) is 23.7 Å². The number of aryl methyl sites for hydroxylation is 2. The third-order valence-electron chi connectivity index (χ3n) is 3.67. The average molecular weight is 289 g/mol. The molecular formula is C13H21ClN2OS. The third kappa shape index (κ3) is 2.87. The molecule has 1 N–H and O–H groups in total. The van der Waals surface area contributed by atoms with Gasteiger partial charge in [0.2, 0.25) is 0 Å². The van der Waals surface area contributed by atoms with E-state index in [0.717, 1.165) is 18.0 Å². The van der Waals surface area contributed by atoms with Gasteiger partial charge in [0.05, 0.1) is 4.88 Å². The molecule has 2 heterocycles. The predicted octanol–water partition coefficient (Wildman–Crippen LogP) is 2.61. The van der Waals surface area contributed by atoms with E-state index in [1.807, 2.05) is 11.0 Å². The van der Waals surface area contributed by atoms with Gasteiger partial charge in [0.1, 0.15) is 0 Å². The number of hydrogen-bond donors (Lipinski definition) is 1. The minimum atomic E-state index is 0. The SMILES string of the molecule is Cc1cc(C(=O)N2CCNC(C)C2C)sc1C.Cl. The minimum Gasteiger partial charge on any atom is -0.332 e. The fourth-order valence-electron chi connectivity index (χ4n) is 2.16. The van der Waals surface area contributed by atoms with Gasteiger partial charge < -0.3 is 10.2 Å². The highest BCUT2D eigenvalue weighted by Gasteiger charge is 2.29. The topological polar surface area (TPSA) is 32.3 Å². The van der Waals surface area contributed by atoms with E-state index in [1.54, 1.807) is 11.3 Å². The molecule has 0 aliphatic carbocycles. The first-order valence-electron chi connectivity index (χ1n) is 6.12. The lowest BCUT2D eigenvalue weighted by Gasteiger charge is -2.38. The van der Waals surface area contributed by atoms with Crippen molar-refractivity contribution in [2.75, 3.05) is 13.1 Å². The second kappa shape index (κ2) is 6.04. The molecule has 0 radical (unpaired) electrons. The van der Waals surface area contributed by atoms with Gasteiger partial charge in [-0.2, -0.15) is 0 Å². The highest BCUT2D eigenvalue weighted by molar-refractivity contribution is 7.14. The summed E-state index contributed by atoms with van der Waals surface area (Å²) in [6.07, 6.45) is 0. The third-order valence-corrected chi connectivity index (χ3v) is 4.81. The van der Waals surface area contributed by atoms with E-state index >= 15 is 0 Å². The number of nitrogens with zero attached hydrogens (tertiary/aromatic N) is 1. The molecule has 1 fully saturated rings. The van der Waals surface area contributed by atoms with Crippen LogP contribution in [0.4, 0.5) is 0 Å². The van der Waals surface area contributed by atoms with Crippen LogP contribution in [0.25, 0.3) is 0 Å². The van der Waals surface area contributed by atoms with Gasteiger partial charge in [0.25, 0.3) is 5.91 Å². The molecule has 3 nitrogen and oxygen atoms in total. The number of nitrogens with one attached hydrogen (secondary N) is 1. The van der Waals surface area contributed by atoms with Gasteiger partial charge in [-0.25, -0.2) is 0 Å². The Hall–Kier alpha value is -0.580. The van der Waals surface area contributed by atoms with Crippen molar-refractivity contribution in [2.45, 2.75) is 39.8 Å². The van der Waals surface area contributed by atoms with E-state index < -0.39 is 0 Å². The average Bonchev–Trinajstić information content (AvgIpc) is 2.62. The van der Waals surface area contributed by atoms with Crippen LogP contribution < -0.4 is 5.32 Å². The van der Waals surface area contributed by atoms with Crippen molar-refractivity contribution < 1.29 is 4.79 Å². The summed E-state index contributed by atoms with van der Waals surface area (Å²) in [6.45, 7) is 10.1. The van der Waals surface area contributed by atoms with Crippen LogP contribution in [0, 0.1) is 13.8 Å². The lowest BCUT2D eigenvalue weighted by Crippen LogP contribution is -2.57. The van der Waals surface area contributed by atoms with Crippen LogP contribution >= 0.6 is 23.7 Å². The normalized spacial score (nSPS) is 23.7. The van der Waals surface area contributed by atoms with Crippen molar-refractivity contribution >= 4 is 29.7 Å². The van der Waals surface area contributed by atoms with Crippen molar-refractivity contribution in [3.05, 3.63) is 21.4 Å². The fourth-order valence-corrected chi connectivity index (χ4v) is 3.15. The molecule has 0 saturated carbocycles. The van der Waals surface area contributed by atoms with Crippen LogP contribution in [0.1, 0.15) is 34.0 Å². The Labute approximate surface area is 119 Å². The lowest BCUT2D eigenvalue weighted by atomic mass is 10.1. The molecule has 0 bridgehead atoms. The van der Waals surface area contributed by atoms with Crippen LogP contribution in [0.3, 0.4) is 0 Å². The highest BCUT2D eigenvalue weighted by Crippen LogP contribution is 2.23. The standard InChI is InChI=1S/C13H20N2OS.ClH/c1-8-7-12(17-11(8)4)13(16)15-6-5-14-9(2)10(15)3;/h7,9-10,14H,5-6H2,1-4H3;1H. The summed E-state index contributed by atoms with van der Waals surface area (Å²) in [5.74, 6) is 0.187. The van der Waals surface area contributed by atoms with Gasteiger partial charge in [-0.05, 0) is 39.3 Å². The molecule has 1 aliphatic rings. The second-order valence-corrected chi connectivity index (χ2v) is 6.09. The molecule has 2 atom stereocenters. The summed E-state index contributed by atoms with van der Waals surface area (Å²) < 4.78 is 0. The number of halogens is 1. The van der Waals surface area contributed by atoms with E-state index in [9.17, 15) is 4.79 Å². The maximum absolute atomic E-state index is 12.4. The Morgan fingerprint density at radius 3 is 2.67 bits per heavy atom. The molecule has 5 heteroatoms. The molecule has 102 valence electrons. The van der Waals surface area contributed by atoms with E-state index in [0.29, 0.717) is 6.04 Å². The summed E-state index contributed by atoms with van der Waals surface area (Å²) in [5, 5.41) is 3.39. The number of carbonyl (C=O) groups excluding carboxylic acids is 1. The van der Waals surface area contributed by atoms with Gasteiger partial charge >= 0.3 is 0 Å². The number of carbonyl (C=O) groups is 1. The number of hydrogen-bond acceptors (Lipinski definition) is 3. The van der Waals surface area contributed by atoms with Gasteiger partial charge in [-0.3, -0.25) is 4.79 Å². The summed E-state index contributed by atoms with van der Waals surface area (Å²) in [7, 11) is 0. The van der Waals surface area contributed by atoms with Crippen LogP contribution in [0.15, 0.2) is 6.07 Å². The smallest absolute Gasteiger partial charge is 0.264 e. The Bertz CT molecular complexity index is 413. The van der Waals surface area contributed by atoms with Crippen molar-refractivity contribution in [2.24, 2.45) is 0 Å². The monoisotopic (exact) mass is 288 g/mol. The number of thiophene rings is 1. The molecule has 1 aromatic rings. The lowest BCUT2D eigenvalue weighted by molar-refractivity contribution is 0.0608. The Morgan fingerprint density at radius 1 is 1.44 bits per heavy atom. The number of rotatable bonds is 1. The quantitative estimate of drug-likeness (QED) is 0.861. The predicted molar refractivity (Wildman–Crippen MR) is 79.0 cm³/mol. The molecule has 1 saturated heterocycles. The maximum Gasteiger partial charge on any atom is 0.264 e. The van der Waals surface area contributed by atoms with Crippen molar-refractivity contribution in [3.8, 4) is 0 Å². The first kappa shape index (κ1) is 15.5. The van der Waals surface area contributed by atoms with Gasteiger partial charge in [-0.1, -0.05) is 0 Å². The first-order chi connectivity index (χ1) is 8.00. The molecule has 1 aliphatic heterocycles. The van der Waals surface area contributed by atoms with Crippen LogP contribution in [0.5, 0.6) is 0 Å². The zero-order valence-corrected chi connectivity index (χ0v) is 13.0. The van der Waals surface area contributed by atoms with E-state index in [-0.39, 0.29) is 24.4 Å². The molecule has 2 unspecified atom stereocenters. The van der Waals surface area contributed by atoms with Crippen molar-refractivity contribution in [1.29, 1.82) is 0 Å². The van der Waals surface area contributed by atoms with E-state index in [2.05, 4.69) is 33.0 Å². The molecule has 2 rings (SSSR count). The Morgan fingerprint density at radius 2 is 2.11 bits per heavy atom. The fraction of sp³-hybridized carbons (Fsp3) is 0.615. The highest BCUT2D eigenvalue weighted by atomic mass is 35.5. The molecule has 18 heavy (non-hydrogen) atoms. The molecule has 1 aromatic heterocycles. The van der Waals surface area contributed by atoms with Crippen LogP contribution in [-0.2, 0) is 0 Å². The molecule has 1 amide bonds. The van der Waals surface area contributed by atoms with E-state index in [4.69, 9.17) is 0 Å². The molecule has 0 aromatic carbocycles. The van der Waals surface area contributed by atoms with Crippen molar-refractivity contribution in [1.82, 2.24) is 10.2 Å². The van der Waals surface area contributed by atoms with Gasteiger partial charge in [0.15, 0.2) is 0 Å². The van der Waals surface area contributed by atoms with Crippen molar-refractivity contribution in [3.63, 3.8) is 0 Å². The number of amides is 1. The molecular weight excluding hydrogens is 268 g/mol. The molecule has 0 spiro atoms. The second-order valence-electron chi connectivity index (χ2n) is 4.83. The van der Waals surface area contributed by atoms with Crippen LogP contribution in [0.2, 0.25) is 0 Å². The summed E-state index contributed by atoms with van der Waals surface area (Å²) in [4.78, 5) is 16.5. The minimum absolute atomic E-state index is 0. The van der Waals surface area contributed by atoms with E-state index in [1.165, 1.54) is 10.4 Å². The number of piperazine rings is 1.